The molecule has 0 aromatic heterocycles. The third-order valence-electron chi connectivity index (χ3n) is 6.27. The molecule has 220 valence electrons. The fourth-order valence-corrected chi connectivity index (χ4v) is 4.69. The van der Waals surface area contributed by atoms with E-state index in [0.29, 0.717) is 23.5 Å². The molecular weight excluding hydrogens is 538 g/mol. The monoisotopic (exact) mass is 574 g/mol. The molecule has 0 unspecified atom stereocenters. The smallest absolute Gasteiger partial charge is 0.339 e. The second-order valence-corrected chi connectivity index (χ2v) is 10.8. The third-order valence-corrected chi connectivity index (χ3v) is 6.27. The lowest BCUT2D eigenvalue weighted by atomic mass is 9.80. The van der Waals surface area contributed by atoms with Crippen molar-refractivity contribution >= 4 is 5.97 Å². The van der Waals surface area contributed by atoms with Gasteiger partial charge in [-0.25, -0.2) is 4.79 Å². The van der Waals surface area contributed by atoms with Crippen molar-refractivity contribution in [2.24, 2.45) is 0 Å². The van der Waals surface area contributed by atoms with E-state index in [1.54, 1.807) is 72.8 Å². The van der Waals surface area contributed by atoms with Crippen LogP contribution < -0.4 is 14.2 Å². The fourth-order valence-electron chi connectivity index (χ4n) is 4.69. The zero-order chi connectivity index (χ0) is 30.4. The highest BCUT2D eigenvalue weighted by molar-refractivity contribution is 5.90. The lowest BCUT2D eigenvalue weighted by Gasteiger charge is -2.36. The minimum absolute atomic E-state index is 0.204. The van der Waals surface area contributed by atoms with Crippen molar-refractivity contribution in [3.63, 3.8) is 0 Å². The van der Waals surface area contributed by atoms with Gasteiger partial charge in [0.05, 0.1) is 12.2 Å². The summed E-state index contributed by atoms with van der Waals surface area (Å²) in [6.45, 7) is 7.52. The molecule has 0 spiro atoms. The van der Waals surface area contributed by atoms with E-state index in [9.17, 15) is 13.6 Å². The van der Waals surface area contributed by atoms with Crippen molar-refractivity contribution in [2.45, 2.75) is 58.4 Å². The summed E-state index contributed by atoms with van der Waals surface area (Å²) in [4.78, 5) is 13.9. The molecule has 0 saturated carbocycles. The molecule has 7 heteroatoms. The predicted octanol–water partition coefficient (Wildman–Crippen LogP) is 8.60. The van der Waals surface area contributed by atoms with E-state index in [-0.39, 0.29) is 23.5 Å². The molecule has 0 amide bonds. The average Bonchev–Trinajstić information content (AvgIpc) is 2.92. The third kappa shape index (κ3) is 8.09. The number of halogens is 2. The van der Waals surface area contributed by atoms with Gasteiger partial charge in [0.25, 0.3) is 0 Å². The van der Waals surface area contributed by atoms with E-state index < -0.39 is 23.3 Å². The van der Waals surface area contributed by atoms with Crippen LogP contribution in [0.15, 0.2) is 103 Å². The molecule has 0 aliphatic carbocycles. The zero-order valence-electron chi connectivity index (χ0n) is 24.5. The maximum atomic E-state index is 14.5. The first-order valence-electron chi connectivity index (χ1n) is 13.8. The van der Waals surface area contributed by atoms with Crippen LogP contribution in [0.5, 0.6) is 17.2 Å². The molecule has 0 saturated heterocycles. The molecule has 0 N–H and O–H groups in total. The number of hydrogen-bond donors (Lipinski definition) is 0. The van der Waals surface area contributed by atoms with Gasteiger partial charge < -0.3 is 18.9 Å². The van der Waals surface area contributed by atoms with Crippen molar-refractivity contribution in [3.8, 4) is 17.2 Å². The van der Waals surface area contributed by atoms with E-state index in [0.717, 1.165) is 5.56 Å². The van der Waals surface area contributed by atoms with Crippen LogP contribution in [-0.2, 0) is 16.8 Å². The minimum atomic E-state index is -1.95. The topological polar surface area (TPSA) is 54.0 Å². The quantitative estimate of drug-likeness (QED) is 0.159. The molecule has 5 nitrogen and oxygen atoms in total. The summed E-state index contributed by atoms with van der Waals surface area (Å²) in [5.41, 5.74) is 0.744. The maximum Gasteiger partial charge on any atom is 0.339 e. The van der Waals surface area contributed by atoms with Crippen LogP contribution in [0.3, 0.4) is 0 Å². The summed E-state index contributed by atoms with van der Waals surface area (Å²) in [6, 6.07) is 29.9. The van der Waals surface area contributed by atoms with Crippen molar-refractivity contribution < 1.29 is 32.5 Å². The highest BCUT2D eigenvalue weighted by Gasteiger charge is 2.40. The normalized spacial score (nSPS) is 12.0. The Morgan fingerprint density at radius 3 is 1.71 bits per heavy atom. The molecule has 42 heavy (non-hydrogen) atoms. The molecule has 0 atom stereocenters. The Morgan fingerprint density at radius 1 is 0.667 bits per heavy atom. The van der Waals surface area contributed by atoms with Crippen LogP contribution in [0.25, 0.3) is 0 Å². The predicted molar refractivity (Wildman–Crippen MR) is 158 cm³/mol. The molecule has 0 bridgehead atoms. The molecular formula is C35H36F2O5. The van der Waals surface area contributed by atoms with Crippen LogP contribution in [0, 0.1) is 0 Å². The summed E-state index contributed by atoms with van der Waals surface area (Å²) in [5, 5.41) is 0. The Balaban J connectivity index is 1.93. The van der Waals surface area contributed by atoms with Gasteiger partial charge in [0.15, 0.2) is 5.60 Å². The van der Waals surface area contributed by atoms with Gasteiger partial charge in [0.2, 0.25) is 11.7 Å². The Kier molecular flexibility index (Phi) is 9.20. The second-order valence-electron chi connectivity index (χ2n) is 10.8. The Bertz CT molecular complexity index is 1430. The van der Waals surface area contributed by atoms with E-state index in [4.69, 9.17) is 18.9 Å². The van der Waals surface area contributed by atoms with E-state index >= 15 is 0 Å². The van der Waals surface area contributed by atoms with E-state index in [1.165, 1.54) is 27.7 Å². The fraction of sp³-hybridized carbons (Fsp3) is 0.286. The van der Waals surface area contributed by atoms with Crippen LogP contribution in [0.2, 0.25) is 0 Å². The van der Waals surface area contributed by atoms with Gasteiger partial charge in [-0.2, -0.15) is 8.78 Å². The lowest BCUT2D eigenvalue weighted by Crippen LogP contribution is -2.37. The Hall–Kier alpha value is -4.39. The van der Waals surface area contributed by atoms with Gasteiger partial charge in [0, 0.05) is 45.2 Å². The number of benzene rings is 4. The average molecular weight is 575 g/mol. The van der Waals surface area contributed by atoms with Crippen molar-refractivity contribution in [2.75, 3.05) is 6.61 Å². The SMILES string of the molecule is CCOc1cccc(C(=O)OC(Cc2ccccc2)(c2cccc(OC(C)(C)F)c2)c2cccc(OC(C)(C)F)c2)c1. The number of hydrogen-bond acceptors (Lipinski definition) is 5. The Labute approximate surface area is 246 Å². The minimum Gasteiger partial charge on any atom is -0.494 e. The zero-order valence-corrected chi connectivity index (χ0v) is 24.5. The van der Waals surface area contributed by atoms with Crippen molar-refractivity contribution in [1.82, 2.24) is 0 Å². The highest BCUT2D eigenvalue weighted by atomic mass is 19.2. The number of esters is 1. The molecule has 0 fully saturated rings. The van der Waals surface area contributed by atoms with Gasteiger partial charge in [-0.15, -0.1) is 0 Å². The first-order valence-corrected chi connectivity index (χ1v) is 13.8. The Morgan fingerprint density at radius 2 is 1.19 bits per heavy atom. The van der Waals surface area contributed by atoms with Gasteiger partial charge in [0.1, 0.15) is 17.2 Å². The second kappa shape index (κ2) is 12.6. The van der Waals surface area contributed by atoms with Gasteiger partial charge in [-0.3, -0.25) is 0 Å². The van der Waals surface area contributed by atoms with Crippen LogP contribution in [-0.4, -0.2) is 24.3 Å². The highest BCUT2D eigenvalue weighted by Crippen LogP contribution is 2.41. The number of rotatable bonds is 12. The lowest BCUT2D eigenvalue weighted by molar-refractivity contribution is -0.0271. The molecule has 4 aromatic rings. The number of carbonyl (C=O) groups is 1. The largest absolute Gasteiger partial charge is 0.494 e. The molecule has 0 aliphatic heterocycles. The number of alkyl halides is 2. The van der Waals surface area contributed by atoms with Gasteiger partial charge >= 0.3 is 5.97 Å². The number of ether oxygens (including phenoxy) is 4. The number of carbonyl (C=O) groups excluding carboxylic acids is 1. The molecule has 0 heterocycles. The van der Waals surface area contributed by atoms with Gasteiger partial charge in [-0.05, 0) is 55.0 Å². The summed E-state index contributed by atoms with van der Waals surface area (Å²) >= 11 is 0. The maximum absolute atomic E-state index is 14.5. The molecule has 4 aromatic carbocycles. The first-order chi connectivity index (χ1) is 19.9. The van der Waals surface area contributed by atoms with Crippen LogP contribution in [0.4, 0.5) is 8.78 Å². The standard InChI is InChI=1S/C35H36F2O5/c1-6-39-29-18-10-15-26(21-29)32(38)42-35(24-25-13-8-7-9-14-25,27-16-11-19-30(22-27)40-33(2,3)36)28-17-12-20-31(23-28)41-34(4,5)37/h7-23H,6,24H2,1-5H3. The van der Waals surface area contributed by atoms with Crippen LogP contribution >= 0.6 is 0 Å². The van der Waals surface area contributed by atoms with Crippen molar-refractivity contribution in [1.29, 1.82) is 0 Å². The van der Waals surface area contributed by atoms with Crippen LogP contribution in [0.1, 0.15) is 61.7 Å². The molecule has 0 aliphatic rings. The molecule has 0 radical (unpaired) electrons. The first kappa shape index (κ1) is 30.6. The van der Waals surface area contributed by atoms with Gasteiger partial charge in [-0.1, -0.05) is 60.7 Å². The summed E-state index contributed by atoms with van der Waals surface area (Å²) in [6.07, 6.45) is 0.204. The summed E-state index contributed by atoms with van der Waals surface area (Å²) < 4.78 is 52.3. The van der Waals surface area contributed by atoms with Crippen molar-refractivity contribution in [3.05, 3.63) is 125 Å². The van der Waals surface area contributed by atoms with E-state index in [2.05, 4.69) is 0 Å². The van der Waals surface area contributed by atoms with E-state index in [1.807, 2.05) is 37.3 Å². The summed E-state index contributed by atoms with van der Waals surface area (Å²) in [7, 11) is 0. The summed E-state index contributed by atoms with van der Waals surface area (Å²) in [5.74, 6) is -3.47. The molecule has 4 rings (SSSR count).